The van der Waals surface area contributed by atoms with E-state index in [1.165, 1.54) is 19.4 Å². The molecule has 0 atom stereocenters. The Labute approximate surface area is 75.1 Å². The van der Waals surface area contributed by atoms with Crippen LogP contribution in [0.3, 0.4) is 0 Å². The molecule has 0 bridgehead atoms. The summed E-state index contributed by atoms with van der Waals surface area (Å²) in [6.45, 7) is 5.41. The molecule has 0 saturated carbocycles. The first kappa shape index (κ1) is 10.5. The Kier molecular flexibility index (Phi) is 6.56. The quantitative estimate of drug-likeness (QED) is 0.324. The fraction of sp³-hybridized carbons (Fsp3) is 0.857. The van der Waals surface area contributed by atoms with Gasteiger partial charge < -0.3 is 9.64 Å². The van der Waals surface area contributed by atoms with Crippen molar-refractivity contribution >= 4 is 0 Å². The molecular formula is C7H14LiNO. The maximum absolute atomic E-state index is 4.94. The Bertz CT molecular complexity index is 74.0. The Morgan fingerprint density at radius 2 is 2.40 bits per heavy atom. The summed E-state index contributed by atoms with van der Waals surface area (Å²) in [5.74, 6) is 0. The number of nitrogens with zero attached hydrogens (tertiary/aromatic N) is 1. The molecule has 1 aliphatic heterocycles. The van der Waals surface area contributed by atoms with Crippen molar-refractivity contribution in [3.63, 3.8) is 0 Å². The molecule has 1 heterocycles. The van der Waals surface area contributed by atoms with Crippen LogP contribution in [0.4, 0.5) is 0 Å². The number of likely N-dealkylation sites (tertiary alicyclic amines) is 1. The first-order chi connectivity index (χ1) is 4.43. The maximum Gasteiger partial charge on any atom is 1.00 e. The number of ether oxygens (including phenoxy) is 1. The summed E-state index contributed by atoms with van der Waals surface area (Å²) in [5.41, 5.74) is 0. The number of methoxy groups -OCH3 is 1. The van der Waals surface area contributed by atoms with E-state index in [0.29, 0.717) is 0 Å². The Balaban J connectivity index is 0.000000810. The van der Waals surface area contributed by atoms with E-state index in [1.54, 1.807) is 7.11 Å². The Morgan fingerprint density at radius 3 is 2.90 bits per heavy atom. The van der Waals surface area contributed by atoms with Crippen molar-refractivity contribution in [3.05, 3.63) is 6.54 Å². The Morgan fingerprint density at radius 1 is 1.60 bits per heavy atom. The molecule has 54 valence electrons. The van der Waals surface area contributed by atoms with E-state index >= 15 is 0 Å². The average Bonchev–Trinajstić information content (AvgIpc) is 2.34. The van der Waals surface area contributed by atoms with Crippen LogP contribution in [-0.4, -0.2) is 31.7 Å². The third-order valence-corrected chi connectivity index (χ3v) is 1.62. The summed E-state index contributed by atoms with van der Waals surface area (Å²) in [6, 6.07) is 0. The van der Waals surface area contributed by atoms with Gasteiger partial charge in [0, 0.05) is 7.11 Å². The molecule has 0 aromatic rings. The fourth-order valence-electron chi connectivity index (χ4n) is 1.07. The normalized spacial score (nSPS) is 18.9. The van der Waals surface area contributed by atoms with Gasteiger partial charge in [0.05, 0.1) is 6.61 Å². The molecular weight excluding hydrogens is 121 g/mol. The van der Waals surface area contributed by atoms with E-state index in [1.807, 2.05) is 0 Å². The van der Waals surface area contributed by atoms with Crippen LogP contribution in [0.1, 0.15) is 12.8 Å². The van der Waals surface area contributed by atoms with E-state index in [0.717, 1.165) is 13.2 Å². The van der Waals surface area contributed by atoms with Crippen molar-refractivity contribution in [2.75, 3.05) is 26.8 Å². The van der Waals surface area contributed by atoms with E-state index in [9.17, 15) is 0 Å². The second-order valence-corrected chi connectivity index (χ2v) is 2.35. The van der Waals surface area contributed by atoms with Gasteiger partial charge in [-0.2, -0.15) is 6.42 Å². The third kappa shape index (κ3) is 3.63. The molecule has 0 amide bonds. The second-order valence-electron chi connectivity index (χ2n) is 2.35. The molecule has 1 fully saturated rings. The predicted octanol–water partition coefficient (Wildman–Crippen LogP) is -2.11. The second kappa shape index (κ2) is 6.24. The van der Waals surface area contributed by atoms with E-state index in [-0.39, 0.29) is 18.9 Å². The van der Waals surface area contributed by atoms with Crippen molar-refractivity contribution in [1.29, 1.82) is 0 Å². The first-order valence-corrected chi connectivity index (χ1v) is 3.50. The monoisotopic (exact) mass is 135 g/mol. The molecule has 2 nitrogen and oxygen atoms in total. The smallest absolute Gasteiger partial charge is 0.455 e. The van der Waals surface area contributed by atoms with Crippen LogP contribution < -0.4 is 18.9 Å². The van der Waals surface area contributed by atoms with E-state index in [4.69, 9.17) is 4.74 Å². The van der Waals surface area contributed by atoms with Crippen LogP contribution in [0.5, 0.6) is 0 Å². The molecule has 0 spiro atoms. The van der Waals surface area contributed by atoms with Gasteiger partial charge in [-0.1, -0.05) is 6.42 Å². The summed E-state index contributed by atoms with van der Waals surface area (Å²) in [4.78, 5) is 2.32. The van der Waals surface area contributed by atoms with Crippen LogP contribution in [0.25, 0.3) is 0 Å². The predicted molar refractivity (Wildman–Crippen MR) is 37.0 cm³/mol. The molecule has 0 unspecified atom stereocenters. The van der Waals surface area contributed by atoms with Crippen molar-refractivity contribution in [2.45, 2.75) is 12.8 Å². The zero-order valence-electron chi connectivity index (χ0n) is 6.97. The molecule has 10 heavy (non-hydrogen) atoms. The van der Waals surface area contributed by atoms with Crippen molar-refractivity contribution in [1.82, 2.24) is 4.90 Å². The summed E-state index contributed by atoms with van der Waals surface area (Å²) in [6.07, 6.45) is 2.58. The van der Waals surface area contributed by atoms with Crippen LogP contribution in [0.2, 0.25) is 0 Å². The van der Waals surface area contributed by atoms with Crippen LogP contribution in [-0.2, 0) is 4.74 Å². The minimum atomic E-state index is 0. The van der Waals surface area contributed by atoms with Gasteiger partial charge in [-0.25, -0.2) is 0 Å². The van der Waals surface area contributed by atoms with Gasteiger partial charge >= 0.3 is 18.9 Å². The van der Waals surface area contributed by atoms with Gasteiger partial charge in [-0.15, -0.1) is 0 Å². The summed E-state index contributed by atoms with van der Waals surface area (Å²) in [7, 11) is 1.75. The summed E-state index contributed by atoms with van der Waals surface area (Å²) < 4.78 is 4.94. The van der Waals surface area contributed by atoms with Crippen molar-refractivity contribution < 1.29 is 23.6 Å². The topological polar surface area (TPSA) is 12.5 Å². The average molecular weight is 135 g/mol. The minimum absolute atomic E-state index is 0. The molecule has 1 aliphatic rings. The third-order valence-electron chi connectivity index (χ3n) is 1.62. The van der Waals surface area contributed by atoms with Crippen LogP contribution >= 0.6 is 0 Å². The number of rotatable bonds is 3. The van der Waals surface area contributed by atoms with Gasteiger partial charge in [0.15, 0.2) is 0 Å². The van der Waals surface area contributed by atoms with Gasteiger partial charge in [0.2, 0.25) is 0 Å². The summed E-state index contributed by atoms with van der Waals surface area (Å²) >= 11 is 0. The molecule has 0 radical (unpaired) electrons. The molecule has 0 aliphatic carbocycles. The number of hydrogen-bond donors (Lipinski definition) is 0. The SMILES string of the molecule is COCCN1[CH-]CCC1.[Li+]. The zero-order valence-corrected chi connectivity index (χ0v) is 6.97. The van der Waals surface area contributed by atoms with E-state index < -0.39 is 0 Å². The van der Waals surface area contributed by atoms with Crippen LogP contribution in [0, 0.1) is 6.54 Å². The van der Waals surface area contributed by atoms with Gasteiger partial charge in [0.1, 0.15) is 0 Å². The van der Waals surface area contributed by atoms with E-state index in [2.05, 4.69) is 11.4 Å². The summed E-state index contributed by atoms with van der Waals surface area (Å²) in [5, 5.41) is 0. The molecule has 0 aromatic carbocycles. The number of hydrogen-bond acceptors (Lipinski definition) is 2. The first-order valence-electron chi connectivity index (χ1n) is 3.50. The maximum atomic E-state index is 4.94. The van der Waals surface area contributed by atoms with Crippen molar-refractivity contribution in [3.8, 4) is 0 Å². The molecule has 1 saturated heterocycles. The zero-order chi connectivity index (χ0) is 6.53. The van der Waals surface area contributed by atoms with Gasteiger partial charge in [0.25, 0.3) is 0 Å². The van der Waals surface area contributed by atoms with Gasteiger partial charge in [-0.05, 0) is 13.1 Å². The molecule has 0 N–H and O–H groups in total. The van der Waals surface area contributed by atoms with Crippen LogP contribution in [0.15, 0.2) is 0 Å². The molecule has 1 rings (SSSR count). The molecule has 3 heteroatoms. The standard InChI is InChI=1S/C7H14NO.Li/c1-9-7-6-8-4-2-3-5-8;/h4H,2-3,5-7H2,1H3;/q-1;+1. The minimum Gasteiger partial charge on any atom is -0.455 e. The largest absolute Gasteiger partial charge is 1.00 e. The fourth-order valence-corrected chi connectivity index (χ4v) is 1.07. The Hall–Kier alpha value is 0.517. The van der Waals surface area contributed by atoms with Gasteiger partial charge in [-0.3, -0.25) is 6.54 Å². The van der Waals surface area contributed by atoms with Crippen molar-refractivity contribution in [2.24, 2.45) is 0 Å². The molecule has 0 aromatic heterocycles.